The summed E-state index contributed by atoms with van der Waals surface area (Å²) in [4.78, 5) is 2.46. The fraction of sp³-hybridized carbons (Fsp3) is 0.684. The molecular weight excluding hydrogens is 256 g/mol. The van der Waals surface area contributed by atoms with E-state index in [4.69, 9.17) is 0 Å². The molecule has 21 heavy (non-hydrogen) atoms. The first-order chi connectivity index (χ1) is 10.2. The molecule has 0 aromatic heterocycles. The number of anilines is 1. The number of benzene rings is 1. The quantitative estimate of drug-likeness (QED) is 0.748. The molecular formula is C19H32N2. The molecule has 0 bridgehead atoms. The molecule has 1 saturated carbocycles. The maximum atomic E-state index is 3.77. The van der Waals surface area contributed by atoms with Crippen LogP contribution in [0.1, 0.15) is 58.4 Å². The van der Waals surface area contributed by atoms with Gasteiger partial charge in [-0.05, 0) is 56.0 Å². The lowest BCUT2D eigenvalue weighted by atomic mass is 10.0. The molecule has 2 rings (SSSR count). The van der Waals surface area contributed by atoms with Crippen molar-refractivity contribution < 1.29 is 0 Å². The van der Waals surface area contributed by atoms with Crippen molar-refractivity contribution >= 4 is 5.69 Å². The van der Waals surface area contributed by atoms with Crippen LogP contribution in [0.2, 0.25) is 0 Å². The van der Waals surface area contributed by atoms with Crippen molar-refractivity contribution in [3.05, 3.63) is 29.8 Å². The SMILES string of the molecule is CCN(CC)Cc1cccc(NC2CCCC(C)CC2)c1. The molecule has 0 saturated heterocycles. The first-order valence-corrected chi connectivity index (χ1v) is 8.79. The summed E-state index contributed by atoms with van der Waals surface area (Å²) in [6.45, 7) is 10.2. The molecule has 0 amide bonds. The van der Waals surface area contributed by atoms with Crippen LogP contribution in [-0.2, 0) is 6.54 Å². The predicted octanol–water partition coefficient (Wildman–Crippen LogP) is 4.91. The van der Waals surface area contributed by atoms with E-state index in [0.717, 1.165) is 25.6 Å². The molecule has 0 aliphatic heterocycles. The Morgan fingerprint density at radius 2 is 1.90 bits per heavy atom. The third-order valence-corrected chi connectivity index (χ3v) is 4.86. The minimum atomic E-state index is 0.665. The van der Waals surface area contributed by atoms with E-state index in [9.17, 15) is 0 Å². The minimum absolute atomic E-state index is 0.665. The molecule has 1 aliphatic carbocycles. The predicted molar refractivity (Wildman–Crippen MR) is 92.7 cm³/mol. The van der Waals surface area contributed by atoms with Gasteiger partial charge < -0.3 is 5.32 Å². The Morgan fingerprint density at radius 1 is 1.10 bits per heavy atom. The second-order valence-electron chi connectivity index (χ2n) is 6.62. The van der Waals surface area contributed by atoms with Gasteiger partial charge in [0.2, 0.25) is 0 Å². The average Bonchev–Trinajstić information content (AvgIpc) is 2.70. The van der Waals surface area contributed by atoms with E-state index < -0.39 is 0 Å². The molecule has 0 radical (unpaired) electrons. The highest BCUT2D eigenvalue weighted by molar-refractivity contribution is 5.46. The van der Waals surface area contributed by atoms with Crippen molar-refractivity contribution in [2.24, 2.45) is 5.92 Å². The summed E-state index contributed by atoms with van der Waals surface area (Å²) >= 11 is 0. The third kappa shape index (κ3) is 5.35. The molecule has 1 aromatic rings. The normalized spacial score (nSPS) is 23.0. The van der Waals surface area contributed by atoms with Gasteiger partial charge in [-0.15, -0.1) is 0 Å². The molecule has 2 nitrogen and oxygen atoms in total. The molecule has 0 spiro atoms. The Bertz CT molecular complexity index is 412. The summed E-state index contributed by atoms with van der Waals surface area (Å²) in [5, 5.41) is 3.77. The van der Waals surface area contributed by atoms with Crippen LogP contribution in [0.15, 0.2) is 24.3 Å². The van der Waals surface area contributed by atoms with Crippen LogP contribution < -0.4 is 5.32 Å². The first kappa shape index (κ1) is 16.4. The Balaban J connectivity index is 1.94. The minimum Gasteiger partial charge on any atom is -0.382 e. The van der Waals surface area contributed by atoms with Gasteiger partial charge in [0.15, 0.2) is 0 Å². The van der Waals surface area contributed by atoms with E-state index in [-0.39, 0.29) is 0 Å². The van der Waals surface area contributed by atoms with Gasteiger partial charge >= 0.3 is 0 Å². The van der Waals surface area contributed by atoms with Crippen molar-refractivity contribution in [2.45, 2.75) is 65.5 Å². The van der Waals surface area contributed by atoms with E-state index in [2.05, 4.69) is 55.3 Å². The number of nitrogens with one attached hydrogen (secondary N) is 1. The number of hydrogen-bond acceptors (Lipinski definition) is 2. The Morgan fingerprint density at radius 3 is 2.67 bits per heavy atom. The third-order valence-electron chi connectivity index (χ3n) is 4.86. The zero-order valence-corrected chi connectivity index (χ0v) is 14.1. The van der Waals surface area contributed by atoms with Gasteiger partial charge in [0.25, 0.3) is 0 Å². The average molecular weight is 288 g/mol. The topological polar surface area (TPSA) is 15.3 Å². The standard InChI is InChI=1S/C19H32N2/c1-4-21(5-2)15-17-9-7-11-19(14-17)20-18-10-6-8-16(3)12-13-18/h7,9,11,14,16,18,20H,4-6,8,10,12-13,15H2,1-3H3. The van der Waals surface area contributed by atoms with Crippen molar-refractivity contribution in [1.29, 1.82) is 0 Å². The molecule has 2 atom stereocenters. The van der Waals surface area contributed by atoms with Gasteiger partial charge in [0, 0.05) is 18.3 Å². The van der Waals surface area contributed by atoms with Crippen molar-refractivity contribution in [3.63, 3.8) is 0 Å². The monoisotopic (exact) mass is 288 g/mol. The Hall–Kier alpha value is -1.02. The molecule has 1 aromatic carbocycles. The first-order valence-electron chi connectivity index (χ1n) is 8.79. The van der Waals surface area contributed by atoms with E-state index in [1.807, 2.05) is 0 Å². The molecule has 0 heterocycles. The van der Waals surface area contributed by atoms with Gasteiger partial charge in [-0.25, -0.2) is 0 Å². The lowest BCUT2D eigenvalue weighted by Crippen LogP contribution is -2.22. The molecule has 1 fully saturated rings. The molecule has 118 valence electrons. The zero-order chi connectivity index (χ0) is 15.1. The van der Waals surface area contributed by atoms with Crippen LogP contribution in [-0.4, -0.2) is 24.0 Å². The van der Waals surface area contributed by atoms with E-state index in [1.165, 1.54) is 43.4 Å². The smallest absolute Gasteiger partial charge is 0.0345 e. The molecule has 1 N–H and O–H groups in total. The van der Waals surface area contributed by atoms with E-state index >= 15 is 0 Å². The highest BCUT2D eigenvalue weighted by Crippen LogP contribution is 2.25. The number of hydrogen-bond donors (Lipinski definition) is 1. The van der Waals surface area contributed by atoms with Crippen LogP contribution in [0.4, 0.5) is 5.69 Å². The second kappa shape index (κ2) is 8.43. The van der Waals surface area contributed by atoms with Gasteiger partial charge in [-0.3, -0.25) is 4.90 Å². The Labute approximate surface area is 130 Å². The van der Waals surface area contributed by atoms with Gasteiger partial charge in [-0.2, -0.15) is 0 Å². The van der Waals surface area contributed by atoms with Gasteiger partial charge in [-0.1, -0.05) is 45.7 Å². The molecule has 2 heteroatoms. The van der Waals surface area contributed by atoms with E-state index in [0.29, 0.717) is 6.04 Å². The van der Waals surface area contributed by atoms with Crippen LogP contribution in [0, 0.1) is 5.92 Å². The van der Waals surface area contributed by atoms with Crippen LogP contribution in [0.3, 0.4) is 0 Å². The maximum Gasteiger partial charge on any atom is 0.0345 e. The van der Waals surface area contributed by atoms with Crippen LogP contribution >= 0.6 is 0 Å². The highest BCUT2D eigenvalue weighted by Gasteiger charge is 2.16. The van der Waals surface area contributed by atoms with Crippen LogP contribution in [0.25, 0.3) is 0 Å². The summed E-state index contributed by atoms with van der Waals surface area (Å²) in [7, 11) is 0. The summed E-state index contributed by atoms with van der Waals surface area (Å²) in [5.41, 5.74) is 2.73. The van der Waals surface area contributed by atoms with Gasteiger partial charge in [0.1, 0.15) is 0 Å². The fourth-order valence-electron chi connectivity index (χ4n) is 3.33. The second-order valence-corrected chi connectivity index (χ2v) is 6.62. The summed E-state index contributed by atoms with van der Waals surface area (Å²) < 4.78 is 0. The fourth-order valence-corrected chi connectivity index (χ4v) is 3.33. The number of rotatable bonds is 6. The molecule has 1 aliphatic rings. The van der Waals surface area contributed by atoms with Crippen molar-refractivity contribution in [1.82, 2.24) is 4.90 Å². The maximum absolute atomic E-state index is 3.77. The van der Waals surface area contributed by atoms with Crippen LogP contribution in [0.5, 0.6) is 0 Å². The van der Waals surface area contributed by atoms with Crippen molar-refractivity contribution in [2.75, 3.05) is 18.4 Å². The Kier molecular flexibility index (Phi) is 6.56. The lowest BCUT2D eigenvalue weighted by Gasteiger charge is -2.21. The largest absolute Gasteiger partial charge is 0.382 e. The summed E-state index contributed by atoms with van der Waals surface area (Å²) in [6.07, 6.45) is 6.79. The summed E-state index contributed by atoms with van der Waals surface area (Å²) in [5.74, 6) is 0.908. The van der Waals surface area contributed by atoms with Crippen molar-refractivity contribution in [3.8, 4) is 0 Å². The number of nitrogens with zero attached hydrogens (tertiary/aromatic N) is 1. The highest BCUT2D eigenvalue weighted by atomic mass is 15.1. The lowest BCUT2D eigenvalue weighted by molar-refractivity contribution is 0.296. The zero-order valence-electron chi connectivity index (χ0n) is 14.1. The molecule has 2 unspecified atom stereocenters. The van der Waals surface area contributed by atoms with E-state index in [1.54, 1.807) is 0 Å². The summed E-state index contributed by atoms with van der Waals surface area (Å²) in [6, 6.07) is 9.67. The van der Waals surface area contributed by atoms with Gasteiger partial charge in [0.05, 0.1) is 0 Å².